The molecular weight excluding hydrogens is 256 g/mol. The molecule has 0 bridgehead atoms. The Kier molecular flexibility index (Phi) is 3.41. The first-order valence-corrected chi connectivity index (χ1v) is 6.67. The van der Waals surface area contributed by atoms with E-state index in [9.17, 15) is 4.79 Å². The van der Waals surface area contributed by atoms with E-state index >= 15 is 0 Å². The Morgan fingerprint density at radius 3 is 2.60 bits per heavy atom. The van der Waals surface area contributed by atoms with Crippen molar-refractivity contribution in [1.29, 1.82) is 0 Å². The van der Waals surface area contributed by atoms with Gasteiger partial charge in [-0.15, -0.1) is 0 Å². The second-order valence-corrected chi connectivity index (χ2v) is 4.76. The van der Waals surface area contributed by atoms with Crippen molar-refractivity contribution in [1.82, 2.24) is 9.88 Å². The molecule has 1 aromatic carbocycles. The molecule has 104 valence electrons. The minimum Gasteiger partial charge on any atom is -0.497 e. The number of carbonyl (C=O) groups is 1. The van der Waals surface area contributed by atoms with Crippen molar-refractivity contribution in [2.75, 3.05) is 20.2 Å². The molecule has 20 heavy (non-hydrogen) atoms. The molecule has 0 saturated carbocycles. The number of hydrogen-bond donors (Lipinski definition) is 0. The van der Waals surface area contributed by atoms with Crippen molar-refractivity contribution < 1.29 is 13.9 Å². The van der Waals surface area contributed by atoms with Crippen LogP contribution in [0.5, 0.6) is 5.75 Å². The minimum absolute atomic E-state index is 0.123. The molecule has 0 radical (unpaired) electrons. The van der Waals surface area contributed by atoms with Crippen molar-refractivity contribution in [3.05, 3.63) is 36.4 Å². The van der Waals surface area contributed by atoms with Gasteiger partial charge in [0.2, 0.25) is 0 Å². The number of methoxy groups -OCH3 is 1. The van der Waals surface area contributed by atoms with Gasteiger partial charge in [0.15, 0.2) is 5.76 Å². The maximum Gasteiger partial charge on any atom is 0.309 e. The van der Waals surface area contributed by atoms with Crippen LogP contribution >= 0.6 is 0 Å². The van der Waals surface area contributed by atoms with Gasteiger partial charge in [0.05, 0.1) is 13.3 Å². The van der Waals surface area contributed by atoms with Crippen LogP contribution < -0.4 is 4.74 Å². The number of carbonyl (C=O) groups excluding carboxylic acids is 1. The van der Waals surface area contributed by atoms with Crippen LogP contribution in [0.4, 0.5) is 0 Å². The van der Waals surface area contributed by atoms with E-state index in [1.54, 1.807) is 18.2 Å². The van der Waals surface area contributed by atoms with E-state index in [0.717, 1.165) is 37.2 Å². The predicted molar refractivity (Wildman–Crippen MR) is 73.6 cm³/mol. The van der Waals surface area contributed by atoms with E-state index < -0.39 is 0 Å². The van der Waals surface area contributed by atoms with Crippen LogP contribution in [0.25, 0.3) is 11.3 Å². The number of likely N-dealkylation sites (tertiary alicyclic amines) is 1. The summed E-state index contributed by atoms with van der Waals surface area (Å²) in [5, 5.41) is 0. The molecule has 0 atom stereocenters. The van der Waals surface area contributed by atoms with Crippen LogP contribution in [0.2, 0.25) is 0 Å². The largest absolute Gasteiger partial charge is 0.497 e. The number of oxazole rings is 1. The van der Waals surface area contributed by atoms with Crippen molar-refractivity contribution >= 4 is 5.91 Å². The van der Waals surface area contributed by atoms with Gasteiger partial charge in [0.1, 0.15) is 5.75 Å². The third-order valence-corrected chi connectivity index (χ3v) is 3.46. The zero-order valence-corrected chi connectivity index (χ0v) is 11.3. The topological polar surface area (TPSA) is 55.6 Å². The number of aromatic nitrogens is 1. The van der Waals surface area contributed by atoms with E-state index in [4.69, 9.17) is 9.15 Å². The van der Waals surface area contributed by atoms with Gasteiger partial charge in [-0.25, -0.2) is 4.98 Å². The highest BCUT2D eigenvalue weighted by atomic mass is 16.5. The summed E-state index contributed by atoms with van der Waals surface area (Å²) in [5.74, 6) is 1.41. The number of rotatable bonds is 3. The van der Waals surface area contributed by atoms with Gasteiger partial charge in [-0.3, -0.25) is 4.79 Å². The standard InChI is InChI=1S/C15H16N2O3/c1-19-12-6-4-11(5-7-12)13-10-16-14(20-13)15(18)17-8-2-3-9-17/h4-7,10H,2-3,8-9H2,1H3. The quantitative estimate of drug-likeness (QED) is 0.861. The van der Waals surface area contributed by atoms with Crippen molar-refractivity contribution in [3.63, 3.8) is 0 Å². The lowest BCUT2D eigenvalue weighted by molar-refractivity contribution is 0.0754. The molecule has 0 spiro atoms. The van der Waals surface area contributed by atoms with Gasteiger partial charge in [-0.1, -0.05) is 0 Å². The second-order valence-electron chi connectivity index (χ2n) is 4.76. The Bertz CT molecular complexity index is 598. The van der Waals surface area contributed by atoms with Crippen LogP contribution in [0, 0.1) is 0 Å². The molecule has 0 unspecified atom stereocenters. The summed E-state index contributed by atoms with van der Waals surface area (Å²) in [6.07, 6.45) is 3.70. The van der Waals surface area contributed by atoms with Crippen molar-refractivity contribution in [2.24, 2.45) is 0 Å². The zero-order chi connectivity index (χ0) is 13.9. The fourth-order valence-corrected chi connectivity index (χ4v) is 2.32. The zero-order valence-electron chi connectivity index (χ0n) is 11.3. The van der Waals surface area contributed by atoms with E-state index in [2.05, 4.69) is 4.98 Å². The summed E-state index contributed by atoms with van der Waals surface area (Å²) in [4.78, 5) is 18.0. The fraction of sp³-hybridized carbons (Fsp3) is 0.333. The van der Waals surface area contributed by atoms with E-state index in [1.807, 2.05) is 24.3 Å². The highest BCUT2D eigenvalue weighted by Crippen LogP contribution is 2.24. The first-order chi connectivity index (χ1) is 9.78. The Balaban J connectivity index is 1.80. The van der Waals surface area contributed by atoms with Gasteiger partial charge in [-0.2, -0.15) is 0 Å². The van der Waals surface area contributed by atoms with Gasteiger partial charge in [-0.05, 0) is 37.1 Å². The monoisotopic (exact) mass is 272 g/mol. The number of ether oxygens (including phenoxy) is 1. The van der Waals surface area contributed by atoms with Crippen LogP contribution in [0.15, 0.2) is 34.9 Å². The molecule has 0 aliphatic carbocycles. The molecule has 1 saturated heterocycles. The van der Waals surface area contributed by atoms with Gasteiger partial charge < -0.3 is 14.1 Å². The molecular formula is C15H16N2O3. The molecule has 1 aliphatic rings. The third kappa shape index (κ3) is 2.39. The Morgan fingerprint density at radius 2 is 1.95 bits per heavy atom. The molecule has 2 aromatic rings. The smallest absolute Gasteiger partial charge is 0.309 e. The maximum atomic E-state index is 12.1. The molecule has 1 aliphatic heterocycles. The van der Waals surface area contributed by atoms with E-state index in [0.29, 0.717) is 5.76 Å². The van der Waals surface area contributed by atoms with E-state index in [-0.39, 0.29) is 11.8 Å². The molecule has 1 fully saturated rings. The Morgan fingerprint density at radius 1 is 1.25 bits per heavy atom. The van der Waals surface area contributed by atoms with Crippen LogP contribution in [-0.4, -0.2) is 36.0 Å². The van der Waals surface area contributed by atoms with Gasteiger partial charge in [0.25, 0.3) is 5.89 Å². The number of nitrogens with zero attached hydrogens (tertiary/aromatic N) is 2. The van der Waals surface area contributed by atoms with Gasteiger partial charge >= 0.3 is 5.91 Å². The van der Waals surface area contributed by atoms with Crippen molar-refractivity contribution in [3.8, 4) is 17.1 Å². The summed E-state index contributed by atoms with van der Waals surface area (Å²) < 4.78 is 10.7. The number of hydrogen-bond acceptors (Lipinski definition) is 4. The lowest BCUT2D eigenvalue weighted by Crippen LogP contribution is -2.27. The lowest BCUT2D eigenvalue weighted by Gasteiger charge is -2.11. The Labute approximate surface area is 117 Å². The molecule has 3 rings (SSSR count). The summed E-state index contributed by atoms with van der Waals surface area (Å²) in [7, 11) is 1.62. The third-order valence-electron chi connectivity index (χ3n) is 3.46. The normalized spacial score (nSPS) is 14.6. The number of amides is 1. The summed E-state index contributed by atoms with van der Waals surface area (Å²) in [6, 6.07) is 7.45. The average Bonchev–Trinajstić information content (AvgIpc) is 3.18. The predicted octanol–water partition coefficient (Wildman–Crippen LogP) is 2.59. The number of benzene rings is 1. The highest BCUT2D eigenvalue weighted by molar-refractivity contribution is 5.90. The summed E-state index contributed by atoms with van der Waals surface area (Å²) in [5.41, 5.74) is 0.874. The maximum absolute atomic E-state index is 12.1. The first-order valence-electron chi connectivity index (χ1n) is 6.67. The molecule has 5 heteroatoms. The Hall–Kier alpha value is -2.30. The molecule has 1 amide bonds. The van der Waals surface area contributed by atoms with Crippen LogP contribution in [0.1, 0.15) is 23.5 Å². The van der Waals surface area contributed by atoms with Crippen LogP contribution in [-0.2, 0) is 0 Å². The molecule has 0 N–H and O–H groups in total. The SMILES string of the molecule is COc1ccc(-c2cnc(C(=O)N3CCCC3)o2)cc1. The summed E-state index contributed by atoms with van der Waals surface area (Å²) in [6.45, 7) is 1.58. The molecule has 2 heterocycles. The van der Waals surface area contributed by atoms with Gasteiger partial charge in [0, 0.05) is 18.7 Å². The molecule has 5 nitrogen and oxygen atoms in total. The fourth-order valence-electron chi connectivity index (χ4n) is 2.32. The summed E-state index contributed by atoms with van der Waals surface area (Å²) >= 11 is 0. The highest BCUT2D eigenvalue weighted by Gasteiger charge is 2.23. The minimum atomic E-state index is -0.123. The molecule has 1 aromatic heterocycles. The first kappa shape index (κ1) is 12.7. The average molecular weight is 272 g/mol. The van der Waals surface area contributed by atoms with Crippen LogP contribution in [0.3, 0.4) is 0 Å². The van der Waals surface area contributed by atoms with E-state index in [1.165, 1.54) is 0 Å². The van der Waals surface area contributed by atoms with Crippen molar-refractivity contribution in [2.45, 2.75) is 12.8 Å². The second kappa shape index (κ2) is 5.36. The lowest BCUT2D eigenvalue weighted by atomic mass is 10.2.